The number of anilines is 1. The molecule has 11 aliphatic rings. The van der Waals surface area contributed by atoms with Crippen molar-refractivity contribution < 1.29 is 122 Å². The number of hydrogen-bond donors (Lipinski definition) is 17. The number of amides is 7. The van der Waals surface area contributed by atoms with Crippen LogP contribution in [0.4, 0.5) is 10.5 Å². The van der Waals surface area contributed by atoms with Crippen molar-refractivity contribution in [2.45, 2.75) is 229 Å². The maximum absolute atomic E-state index is 16.8. The van der Waals surface area contributed by atoms with Gasteiger partial charge in [-0.05, 0) is 208 Å². The van der Waals surface area contributed by atoms with E-state index in [-0.39, 0.29) is 104 Å². The van der Waals surface area contributed by atoms with Crippen LogP contribution in [0.15, 0.2) is 103 Å². The molecule has 35 heteroatoms. The fraction of sp³-hybridized carbons (Fsp3) is 0.516. The third-order valence-electron chi connectivity index (χ3n) is 25.7. The highest BCUT2D eigenvalue weighted by Crippen LogP contribution is 2.59. The number of halogens is 2. The number of carbonyl (C=O) groups excluding carboxylic acids is 9. The molecule has 33 nitrogen and oxygen atoms in total. The second-order valence-electron chi connectivity index (χ2n) is 35.3. The summed E-state index contributed by atoms with van der Waals surface area (Å²) < 4.78 is 45.0. The van der Waals surface area contributed by atoms with Crippen LogP contribution in [-0.4, -0.2) is 192 Å². The number of nitrogens with two attached hydrogens (primary N) is 1. The molecule has 0 spiro atoms. The Morgan fingerprint density at radius 2 is 1.33 bits per heavy atom. The van der Waals surface area contributed by atoms with E-state index in [1.54, 1.807) is 19.1 Å². The van der Waals surface area contributed by atoms with E-state index in [9.17, 15) is 60.3 Å². The Bertz CT molecular complexity index is 5090. The van der Waals surface area contributed by atoms with Crippen LogP contribution in [0.3, 0.4) is 0 Å². The first-order chi connectivity index (χ1) is 61.0. The van der Waals surface area contributed by atoms with Gasteiger partial charge in [-0.25, -0.2) is 4.79 Å². The maximum atomic E-state index is 16.8. The second kappa shape index (κ2) is 40.9. The van der Waals surface area contributed by atoms with Crippen molar-refractivity contribution in [2.24, 2.45) is 53.1 Å². The fourth-order valence-corrected chi connectivity index (χ4v) is 19.8. The van der Waals surface area contributed by atoms with Gasteiger partial charge in [-0.2, -0.15) is 0 Å². The molecule has 18 atom stereocenters. The Balaban J connectivity index is 0.00000695. The number of imide groups is 1. The largest absolute Gasteiger partial charge is 0.508 e. The van der Waals surface area contributed by atoms with Gasteiger partial charge in [-0.1, -0.05) is 82.9 Å². The summed E-state index contributed by atoms with van der Waals surface area (Å²) in [5.74, 6) is -15.9. The first kappa shape index (κ1) is 95.5. The van der Waals surface area contributed by atoms with E-state index in [2.05, 4.69) is 37.2 Å². The molecule has 7 aliphatic heterocycles. The van der Waals surface area contributed by atoms with Gasteiger partial charge in [-0.15, -0.1) is 0 Å². The number of aromatic hydroxyl groups is 3. The molecule has 4 saturated carbocycles. The molecule has 128 heavy (non-hydrogen) atoms. The van der Waals surface area contributed by atoms with Gasteiger partial charge in [-0.3, -0.25) is 43.7 Å². The molecule has 4 aliphatic carbocycles. The Labute approximate surface area is 750 Å². The first-order valence-electron chi connectivity index (χ1n) is 43.8. The minimum atomic E-state index is -2.26. The molecule has 690 valence electrons. The number of benzene rings is 6. The molecule has 18 N–H and O–H groups in total. The van der Waals surface area contributed by atoms with Gasteiger partial charge >= 0.3 is 6.03 Å². The lowest BCUT2D eigenvalue weighted by atomic mass is 9.51. The monoisotopic (exact) mass is 1810 g/mol. The Morgan fingerprint density at radius 1 is 0.688 bits per heavy atom. The number of ether oxygens (including phenoxy) is 7. The highest BCUT2D eigenvalue weighted by Gasteiger charge is 2.53. The van der Waals surface area contributed by atoms with Crippen LogP contribution in [0.1, 0.15) is 190 Å². The maximum Gasteiger partial charge on any atom is 0.325 e. The highest BCUT2D eigenvalue weighted by atomic mass is 35.5. The van der Waals surface area contributed by atoms with Gasteiger partial charge in [0, 0.05) is 73.0 Å². The van der Waals surface area contributed by atoms with E-state index in [0.29, 0.717) is 43.7 Å². The van der Waals surface area contributed by atoms with E-state index in [0.717, 1.165) is 68.5 Å². The average Bonchev–Trinajstić information content (AvgIpc) is 0.741. The molecule has 6 aromatic rings. The fourth-order valence-electron chi connectivity index (χ4n) is 19.4. The minimum Gasteiger partial charge on any atom is -0.508 e. The summed E-state index contributed by atoms with van der Waals surface area (Å²) in [6.07, 6.45) is -15.7. The summed E-state index contributed by atoms with van der Waals surface area (Å²) in [7, 11) is 0. The number of phenolic OH excluding ortho intramolecular Hbond substituents is 3. The van der Waals surface area contributed by atoms with Crippen molar-refractivity contribution in [3.8, 4) is 62.9 Å². The van der Waals surface area contributed by atoms with E-state index in [1.165, 1.54) is 68.4 Å². The average molecular weight is 1810 g/mol. The zero-order chi connectivity index (χ0) is 92.2. The Kier molecular flexibility index (Phi) is 30.5. The molecule has 0 unspecified atom stereocenters. The number of hydrogen-bond acceptors (Lipinski definition) is 27. The summed E-state index contributed by atoms with van der Waals surface area (Å²) in [5, 5.41) is 125. The van der Waals surface area contributed by atoms with Crippen LogP contribution in [-0.2, 0) is 52.6 Å². The lowest BCUT2D eigenvalue weighted by Gasteiger charge is -2.54. The first-order valence-corrected chi connectivity index (χ1v) is 44.6. The van der Waals surface area contributed by atoms with Crippen molar-refractivity contribution >= 4 is 81.8 Å². The third-order valence-corrected chi connectivity index (χ3v) is 26.3. The van der Waals surface area contributed by atoms with E-state index in [1.807, 2.05) is 34.6 Å². The van der Waals surface area contributed by atoms with Crippen molar-refractivity contribution in [3.05, 3.63) is 141 Å². The number of fused-ring (bicyclic) bond motifs is 15. The van der Waals surface area contributed by atoms with Gasteiger partial charge in [0.05, 0.1) is 40.7 Å². The molecule has 0 aromatic heterocycles. The van der Waals surface area contributed by atoms with Gasteiger partial charge in [0.1, 0.15) is 95.8 Å². The van der Waals surface area contributed by atoms with Crippen molar-refractivity contribution in [1.82, 2.24) is 31.9 Å². The lowest BCUT2D eigenvalue weighted by molar-refractivity contribution is -0.333. The lowest BCUT2D eigenvalue weighted by Crippen LogP contribution is -2.64. The molecule has 7 heterocycles. The number of rotatable bonds is 21. The normalized spacial score (nSPS) is 29.9. The number of urea groups is 1. The zero-order valence-electron chi connectivity index (χ0n) is 72.3. The van der Waals surface area contributed by atoms with Crippen molar-refractivity contribution in [2.75, 3.05) is 31.6 Å². The second-order valence-corrected chi connectivity index (χ2v) is 36.1. The van der Waals surface area contributed by atoms with Crippen LogP contribution >= 0.6 is 23.2 Å². The molecule has 2 saturated heterocycles. The van der Waals surface area contributed by atoms with E-state index >= 15 is 28.8 Å². The smallest absolute Gasteiger partial charge is 0.325 e. The molecular formula is C93H114Cl2N8O25. The number of aliphatic hydroxyl groups is 6. The Hall–Kier alpha value is -10.1. The quantitative estimate of drug-likeness (QED) is 0.0298. The number of aliphatic hydroxyl groups excluding tert-OH is 6. The SMILES string of the molecule is CC.CCNCCOc1ccc(NC(=O)NC(=O)C[C@@H]2CC(=O)[C@H](NC(=O)[C@H](CC)CC(C)C)[C@H](O)c3ccc(c(Cl)c3)Oc3cc4cc(c3O[C@@H]3O[C@H](CO)[C@@H](O)[C@H](O)[C@H]3O[C@H]3C[C@](C)(N)[C@H](O)[C@H](C)O3)Oc3ccc(cc3Cl)[C@@H](O)[C@@H]3NC(=O)[C@H](CC(=O)[C@@H]4NC2=O)c2ccc(O)c(c2)-c2c(O)cc(O)cc2[C@@H](C(=O)CC2C4CC5CC(C4)CC2C5)NC3=O)cc1. The number of phenols is 3. The van der Waals surface area contributed by atoms with Crippen molar-refractivity contribution in [1.29, 1.82) is 0 Å². The number of nitrogens with one attached hydrogen (secondary N) is 7. The predicted molar refractivity (Wildman–Crippen MR) is 465 cm³/mol. The summed E-state index contributed by atoms with van der Waals surface area (Å²) in [6, 6.07) is 12.0. The summed E-state index contributed by atoms with van der Waals surface area (Å²) >= 11 is 14.6. The van der Waals surface area contributed by atoms with Crippen LogP contribution in [0.5, 0.6) is 51.7 Å². The van der Waals surface area contributed by atoms with Crippen LogP contribution in [0.2, 0.25) is 10.0 Å². The standard InChI is InChI=1S/C91H108Cl2N8O25.C2H6/c1-7-44(21-40(3)4)85(115)100-76-63(106)30-51(33-71(109)97-90(119)96-52-12-14-54(15-13-52)120-20-19-95-8-2)86(116)98-74-50-31-68(122-66-17-10-46(78(76)110)28-59(66)92)82(126-89-83(81(113)80(112)70(39-102)124-89)125-72-38-91(6,94)84(114)41(5)121-72)69(32-50)123-67-18-11-47(29-60(67)93)79(111)77-88(118)99-75(65(108)36-55-48-23-42-22-43(25-48)26-49(55)24-42)58-34-53(103)35-62(105)73(58)57-27-45(9-16-61(57)104)56(37-64(74)107)87(117)101-77;1-2/h9-18,27-29,31-32,34-35,40-44,48-49,51,55-56,70,72,74-81,83-84,89,95,102-105,110-114H,7-8,19-26,30,33,36-39,94H2,1-6H3,(H,98,116)(H,99,118)(H,100,115)(H,101,117)(H2,96,97,109,119);1-2H3/t41-,42?,43?,44+,48?,49?,51-,55?,56+,70+,72-,74+,75-,76-,77-,78+,79+,80+,81-,83+,84+,89-,91-;/m0./s1. The van der Waals surface area contributed by atoms with Gasteiger partial charge in [0.15, 0.2) is 41.2 Å². The third kappa shape index (κ3) is 21.3. The number of ketones is 3. The summed E-state index contributed by atoms with van der Waals surface area (Å²) in [6.45, 7) is 15.1. The number of likely N-dealkylation sites (N-methyl/N-ethyl adjacent to an activating group) is 1. The van der Waals surface area contributed by atoms with Crippen molar-refractivity contribution in [3.63, 3.8) is 0 Å². The van der Waals surface area contributed by atoms with Crippen LogP contribution in [0.25, 0.3) is 11.1 Å². The van der Waals surface area contributed by atoms with E-state index < -0.39 is 228 Å². The minimum absolute atomic E-state index is 0.0564. The van der Waals surface area contributed by atoms with E-state index in [4.69, 9.17) is 62.1 Å². The summed E-state index contributed by atoms with van der Waals surface area (Å²) in [4.78, 5) is 140. The van der Waals surface area contributed by atoms with Gasteiger partial charge in [0.25, 0.3) is 0 Å². The Morgan fingerprint density at radius 3 is 1.94 bits per heavy atom. The zero-order valence-corrected chi connectivity index (χ0v) is 73.8. The topological polar surface area (TPSA) is 511 Å². The highest BCUT2D eigenvalue weighted by molar-refractivity contribution is 6.32. The molecule has 0 radical (unpaired) electrons. The predicted octanol–water partition coefficient (Wildman–Crippen LogP) is 9.34. The molecule has 6 fully saturated rings. The molecule has 6 aromatic carbocycles. The van der Waals surface area contributed by atoms with Crippen LogP contribution in [0, 0.1) is 47.3 Å². The molecule has 15 bridgehead atoms. The molecular weight excluding hydrogens is 1700 g/mol. The van der Waals surface area contributed by atoms with Gasteiger partial charge < -0.3 is 117 Å². The molecule has 7 amide bonds. The van der Waals surface area contributed by atoms with Gasteiger partial charge in [0.2, 0.25) is 41.6 Å². The molecule has 17 rings (SSSR count). The van der Waals surface area contributed by atoms with Crippen LogP contribution < -0.4 is 61.9 Å². The number of carbonyl (C=O) groups is 9. The summed E-state index contributed by atoms with van der Waals surface area (Å²) in [5.41, 5.74) is 3.70. The number of Topliss-reactive ketones (excluding diaryl/α,β-unsaturated/α-hetero) is 3.